The Kier molecular flexibility index (Phi) is 23.2. The molecule has 104 heavy (non-hydrogen) atoms. The summed E-state index contributed by atoms with van der Waals surface area (Å²) in [7, 11) is 0. The molecule has 22 heteroatoms. The largest absolute Gasteiger partial charge is 0.469 e. The van der Waals surface area contributed by atoms with Gasteiger partial charge in [-0.15, -0.1) is 0 Å². The van der Waals surface area contributed by atoms with Gasteiger partial charge in [0.2, 0.25) is 0 Å². The van der Waals surface area contributed by atoms with E-state index in [1.165, 1.54) is 42.0 Å². The van der Waals surface area contributed by atoms with Crippen LogP contribution < -0.4 is 31.9 Å². The molecule has 6 N–H and O–H groups in total. The van der Waals surface area contributed by atoms with Crippen LogP contribution in [0.4, 0.5) is 37.1 Å². The van der Waals surface area contributed by atoms with E-state index in [0.717, 1.165) is 133 Å². The number of furan rings is 1. The maximum Gasteiger partial charge on any atom is 0.407 e. The number of halogens is 3. The molecule has 2 aliphatic heterocycles. The zero-order valence-electron chi connectivity index (χ0n) is 58.6. The van der Waals surface area contributed by atoms with Crippen LogP contribution in [0.15, 0.2) is 163 Å². The number of rotatable bonds is 15. The number of hydrogen-bond acceptors (Lipinski definition) is 13. The van der Waals surface area contributed by atoms with Gasteiger partial charge in [-0.2, -0.15) is 0 Å². The molecule has 544 valence electrons. The van der Waals surface area contributed by atoms with Crippen LogP contribution in [0, 0.1) is 64.8 Å². The van der Waals surface area contributed by atoms with Crippen LogP contribution in [0.1, 0.15) is 126 Å². The number of hydrogen-bond donors (Lipinski definition) is 6. The highest BCUT2D eigenvalue weighted by Gasteiger charge is 2.52. The number of carbonyl (C=O) groups is 5. The molecule has 7 aromatic rings. The third-order valence-electron chi connectivity index (χ3n) is 22.1. The number of carbonyl (C=O) groups excluding carboxylic acids is 5. The minimum Gasteiger partial charge on any atom is -0.469 e. The molecule has 7 fully saturated rings. The van der Waals surface area contributed by atoms with Crippen molar-refractivity contribution in [2.75, 3.05) is 19.8 Å². The van der Waals surface area contributed by atoms with Crippen molar-refractivity contribution in [2.24, 2.45) is 47.3 Å². The average Bonchev–Trinajstić information content (AvgIpc) is 1.37. The lowest BCUT2D eigenvalue weighted by molar-refractivity contribution is 0.00604. The summed E-state index contributed by atoms with van der Waals surface area (Å²) < 4.78 is 67.3. The number of allylic oxidation sites excluding steroid dienone is 1. The van der Waals surface area contributed by atoms with E-state index < -0.39 is 0 Å². The average molecular weight is 1420 g/mol. The number of ether oxygens (including phenoxy) is 4. The Hall–Kier alpha value is -10.3. The number of nitrogens with zero attached hydrogens (tertiary/aromatic N) is 3. The zero-order chi connectivity index (χ0) is 72.2. The van der Waals surface area contributed by atoms with Crippen molar-refractivity contribution in [3.63, 3.8) is 0 Å². The molecule has 2 saturated heterocycles. The summed E-state index contributed by atoms with van der Waals surface area (Å²) in [5, 5.41) is 18.2. The fraction of sp³-hybridized carbons (Fsp3) is 0.415. The summed E-state index contributed by atoms with van der Waals surface area (Å²) >= 11 is 0. The molecule has 0 radical (unpaired) electrons. The molecule has 15 rings (SSSR count). The smallest absolute Gasteiger partial charge is 0.407 e. The van der Waals surface area contributed by atoms with Crippen molar-refractivity contribution < 1.29 is 60.5 Å². The van der Waals surface area contributed by atoms with Crippen LogP contribution in [-0.4, -0.2) is 108 Å². The molecule has 8 aliphatic rings. The highest BCUT2D eigenvalue weighted by Crippen LogP contribution is 2.50. The van der Waals surface area contributed by atoms with Gasteiger partial charge in [0.1, 0.15) is 29.3 Å². The van der Waals surface area contributed by atoms with Gasteiger partial charge in [-0.3, -0.25) is 15.0 Å². The Bertz CT molecular complexity index is 4060. The summed E-state index contributed by atoms with van der Waals surface area (Å²) in [6, 6.07) is 33.5. The van der Waals surface area contributed by atoms with Crippen LogP contribution >= 0.6 is 0 Å². The summed E-state index contributed by atoms with van der Waals surface area (Å²) in [5.74, 6) is 3.19. The van der Waals surface area contributed by atoms with Gasteiger partial charge in [-0.05, 0) is 222 Å². The monoisotopic (exact) mass is 1420 g/mol. The van der Waals surface area contributed by atoms with Crippen LogP contribution in [0.5, 0.6) is 0 Å². The molecule has 6 aliphatic carbocycles. The van der Waals surface area contributed by atoms with Gasteiger partial charge < -0.3 is 55.3 Å². The second-order valence-corrected chi connectivity index (χ2v) is 28.4. The SMILES string of the molecule is CCOC(=O)N[C@@H]1CC[C@@H]2[C@@H](C1)C[C@@H]1NC(=O)N[C@@H]1[C@H]2/C=C/c1ccc(-c2cccc(F)c2)cn1.CCOC(=O)N[C@@H]1CC[C@@H]2[C@@H](C1)C[C@@H]1NC(=O)O[C@@H]1[C@H]2/C=C/c1ccc(-c2cccc(F)c2)cn1.CCOC(=O)N[C@@H]1CC[C@@H]2[C@H](Cc3occc3[C@H]2/C=C/c2ccc(-c3cccc(F)c3)cn2)C1. The predicted octanol–water partition coefficient (Wildman–Crippen LogP) is 15.8. The lowest BCUT2D eigenvalue weighted by atomic mass is 9.61. The molecule has 0 bridgehead atoms. The molecule has 5 saturated carbocycles. The maximum absolute atomic E-state index is 13.6. The Labute approximate surface area is 604 Å². The molecule has 4 aromatic heterocycles. The fourth-order valence-corrected chi connectivity index (χ4v) is 17.5. The van der Waals surface area contributed by atoms with E-state index in [1.807, 2.05) is 73.7 Å². The van der Waals surface area contributed by atoms with Gasteiger partial charge in [0.15, 0.2) is 0 Å². The number of alkyl carbamates (subject to hydrolysis) is 4. The summed E-state index contributed by atoms with van der Waals surface area (Å²) in [6.45, 7) is 6.50. The third kappa shape index (κ3) is 17.7. The van der Waals surface area contributed by atoms with E-state index in [9.17, 15) is 37.1 Å². The number of amides is 6. The summed E-state index contributed by atoms with van der Waals surface area (Å²) in [5.41, 5.74) is 8.71. The van der Waals surface area contributed by atoms with E-state index in [4.69, 9.17) is 23.4 Å². The number of nitrogens with one attached hydrogen (secondary N) is 6. The molecule has 3 aromatic carbocycles. The van der Waals surface area contributed by atoms with Crippen molar-refractivity contribution in [1.29, 1.82) is 0 Å². The molecule has 19 nitrogen and oxygen atoms in total. The van der Waals surface area contributed by atoms with Crippen molar-refractivity contribution in [3.05, 3.63) is 204 Å². The first-order valence-corrected chi connectivity index (χ1v) is 36.7. The lowest BCUT2D eigenvalue weighted by Crippen LogP contribution is -2.53. The summed E-state index contributed by atoms with van der Waals surface area (Å²) in [4.78, 5) is 73.6. The van der Waals surface area contributed by atoms with Crippen molar-refractivity contribution >= 4 is 48.6 Å². The first kappa shape index (κ1) is 72.1. The Morgan fingerprint density at radius 1 is 0.500 bits per heavy atom. The van der Waals surface area contributed by atoms with Crippen LogP contribution in [-0.2, 0) is 25.4 Å². The van der Waals surface area contributed by atoms with Crippen molar-refractivity contribution in [1.82, 2.24) is 46.9 Å². The molecular formula is C82H90F3N9O10. The number of aromatic nitrogens is 3. The summed E-state index contributed by atoms with van der Waals surface area (Å²) in [6.07, 6.45) is 29.0. The van der Waals surface area contributed by atoms with Gasteiger partial charge in [0.05, 0.1) is 61.3 Å². The number of urea groups is 1. The number of pyridine rings is 3. The fourth-order valence-electron chi connectivity index (χ4n) is 17.5. The van der Waals surface area contributed by atoms with E-state index in [2.05, 4.69) is 77.2 Å². The molecule has 0 spiro atoms. The molecule has 6 amide bonds. The topological polar surface area (TPSA) is 246 Å². The Balaban J connectivity index is 0.000000139. The zero-order valence-corrected chi connectivity index (χ0v) is 58.6. The van der Waals surface area contributed by atoms with E-state index >= 15 is 0 Å². The highest BCUT2D eigenvalue weighted by molar-refractivity contribution is 5.78. The van der Waals surface area contributed by atoms with Crippen molar-refractivity contribution in [3.8, 4) is 33.4 Å². The van der Waals surface area contributed by atoms with E-state index in [0.29, 0.717) is 55.3 Å². The van der Waals surface area contributed by atoms with Gasteiger partial charge in [0, 0.05) is 83.1 Å². The minimum absolute atomic E-state index is 0.0388. The van der Waals surface area contributed by atoms with Crippen LogP contribution in [0.2, 0.25) is 0 Å². The Morgan fingerprint density at radius 3 is 1.42 bits per heavy atom. The second-order valence-electron chi connectivity index (χ2n) is 28.4. The van der Waals surface area contributed by atoms with Gasteiger partial charge in [0.25, 0.3) is 0 Å². The highest BCUT2D eigenvalue weighted by atomic mass is 19.1. The van der Waals surface area contributed by atoms with Gasteiger partial charge in [-0.25, -0.2) is 37.1 Å². The third-order valence-corrected chi connectivity index (χ3v) is 22.1. The maximum atomic E-state index is 13.6. The van der Waals surface area contributed by atoms with Gasteiger partial charge in [-0.1, -0.05) is 72.8 Å². The Morgan fingerprint density at radius 2 is 0.952 bits per heavy atom. The van der Waals surface area contributed by atoms with Crippen LogP contribution in [0.25, 0.3) is 51.6 Å². The number of benzene rings is 3. The standard InChI is InChI=1S/C28H29FN2O3.C27H31FN4O3.C27H30FN3O4/c1-2-33-28(32)31-23-9-10-24-20(15-23)16-27-26(12-13-34-27)25(24)11-8-22-7-6-19(17-30-22)18-4-3-5-21(29)14-18;1-2-35-27(34)30-21-9-10-22-18(13-21)14-24-25(32-26(33)31-24)23(22)11-8-20-7-6-17(15-29-20)16-4-3-5-19(28)12-16;1-2-34-26(32)30-21-9-10-22-18(13-21)14-24-25(35-27(33)31-24)23(22)11-8-20-7-6-17(15-29-20)16-4-3-5-19(28)12-16/h3-8,11-14,17,20,23-25H,2,9-10,15-16H2,1H3,(H,31,32);3-8,11-12,15,18,21-25H,2,9-10,13-14H2,1H3,(H,30,34)(H2,31,32,33);3-8,11-12,15,18,21-25H,2,9-10,13-14H2,1H3,(H,30,32)(H,31,33)/b3*11-8+/t20-,23+,24+,25-;2*18-,21+,22+,23-,24-,25+/m000/s1. The second kappa shape index (κ2) is 33.5. The van der Waals surface area contributed by atoms with E-state index in [1.54, 1.807) is 56.9 Å². The van der Waals surface area contributed by atoms with Crippen LogP contribution in [0.3, 0.4) is 0 Å². The minimum atomic E-state index is -0.369. The van der Waals surface area contributed by atoms with E-state index in [-0.39, 0.29) is 108 Å². The molecule has 6 heterocycles. The number of fused-ring (bicyclic) bond motifs is 6. The van der Waals surface area contributed by atoms with Gasteiger partial charge >= 0.3 is 30.4 Å². The quantitative estimate of drug-likeness (QED) is 0.0524. The molecule has 0 unspecified atom stereocenters. The first-order valence-electron chi connectivity index (χ1n) is 36.7. The first-order chi connectivity index (χ1) is 50.6. The molecule has 16 atom stereocenters. The predicted molar refractivity (Wildman–Crippen MR) is 388 cm³/mol. The molecular weight excluding hydrogens is 1330 g/mol. The van der Waals surface area contributed by atoms with Crippen molar-refractivity contribution in [2.45, 2.75) is 146 Å². The normalized spacial score (nSPS) is 27.7. The lowest BCUT2D eigenvalue weighted by Gasteiger charge is -2.47.